The van der Waals surface area contributed by atoms with Crippen molar-refractivity contribution in [3.05, 3.63) is 216 Å². The van der Waals surface area contributed by atoms with E-state index in [-0.39, 0.29) is 97.1 Å². The molecular weight excluding hydrogens is 1350 g/mol. The number of hydrogen-bond donors (Lipinski definition) is 4. The number of benzene rings is 12. The van der Waals surface area contributed by atoms with Gasteiger partial charge >= 0.3 is 0 Å². The van der Waals surface area contributed by atoms with E-state index in [1.807, 2.05) is 60.7 Å². The van der Waals surface area contributed by atoms with Gasteiger partial charge in [-0.3, -0.25) is 38.4 Å². The zero-order valence-corrected chi connectivity index (χ0v) is 61.8. The average molecular weight is 1440 g/mol. The van der Waals surface area contributed by atoms with E-state index < -0.39 is 47.8 Å². The molecular formula is C92H92N8O8. The lowest BCUT2D eigenvalue weighted by atomic mass is 9.87. The molecule has 8 bridgehead atoms. The summed E-state index contributed by atoms with van der Waals surface area (Å²) in [6, 6.07) is 60.7. The van der Waals surface area contributed by atoms with Crippen LogP contribution in [0.3, 0.4) is 0 Å². The van der Waals surface area contributed by atoms with Crippen LogP contribution in [0.1, 0.15) is 99.3 Å². The Morgan fingerprint density at radius 3 is 0.806 bits per heavy atom. The predicted molar refractivity (Wildman–Crippen MR) is 426 cm³/mol. The van der Waals surface area contributed by atoms with E-state index in [4.69, 9.17) is 0 Å². The Kier molecular flexibility index (Phi) is 18.8. The van der Waals surface area contributed by atoms with Gasteiger partial charge in [-0.05, 0) is 185 Å². The summed E-state index contributed by atoms with van der Waals surface area (Å²) in [5.74, 6) is -4.36. The van der Waals surface area contributed by atoms with Crippen molar-refractivity contribution >= 4 is 133 Å². The third kappa shape index (κ3) is 12.9. The third-order valence-electron chi connectivity index (χ3n) is 25.8. The summed E-state index contributed by atoms with van der Waals surface area (Å²) in [5.41, 5.74) is 3.55. The van der Waals surface area contributed by atoms with Crippen molar-refractivity contribution in [1.82, 2.24) is 40.9 Å². The molecule has 16 heteroatoms. The van der Waals surface area contributed by atoms with Crippen molar-refractivity contribution in [2.75, 3.05) is 28.2 Å². The summed E-state index contributed by atoms with van der Waals surface area (Å²) in [7, 11) is 7.06. The van der Waals surface area contributed by atoms with E-state index >= 15 is 28.8 Å². The lowest BCUT2D eigenvalue weighted by Crippen LogP contribution is -2.53. The van der Waals surface area contributed by atoms with Crippen LogP contribution in [0.15, 0.2) is 194 Å². The number of carbonyl (C=O) groups is 8. The van der Waals surface area contributed by atoms with E-state index in [0.717, 1.165) is 97.7 Å². The van der Waals surface area contributed by atoms with Gasteiger partial charge in [0.2, 0.25) is 47.3 Å². The highest BCUT2D eigenvalue weighted by Crippen LogP contribution is 2.45. The summed E-state index contributed by atoms with van der Waals surface area (Å²) < 4.78 is 0. The topological polar surface area (TPSA) is 198 Å². The minimum Gasteiger partial charge on any atom is -0.344 e. The molecule has 17 rings (SSSR count). The van der Waals surface area contributed by atoms with Crippen molar-refractivity contribution in [2.45, 2.75) is 151 Å². The smallest absolute Gasteiger partial charge is 0.245 e. The first kappa shape index (κ1) is 70.0. The average Bonchev–Trinajstić information content (AvgIpc) is 0.996. The number of likely N-dealkylation sites (N-methyl/N-ethyl adjacent to an activating group) is 4. The molecule has 1 heterocycles. The van der Waals surface area contributed by atoms with Crippen LogP contribution in [-0.2, 0) is 64.0 Å². The van der Waals surface area contributed by atoms with Crippen LogP contribution in [0.4, 0.5) is 0 Å². The Morgan fingerprint density at radius 1 is 0.259 bits per heavy atom. The normalized spacial score (nSPS) is 25.7. The fraction of sp³-hybridized carbons (Fsp3) is 0.348. The quantitative estimate of drug-likeness (QED) is 0.0851. The van der Waals surface area contributed by atoms with E-state index in [9.17, 15) is 9.59 Å². The van der Waals surface area contributed by atoms with Gasteiger partial charge in [-0.1, -0.05) is 194 Å². The first-order valence-corrected chi connectivity index (χ1v) is 39.0. The number of carbonyl (C=O) groups excluding carboxylic acids is 8. The van der Waals surface area contributed by atoms with Crippen molar-refractivity contribution in [3.63, 3.8) is 0 Å². The van der Waals surface area contributed by atoms with E-state index in [1.54, 1.807) is 47.8 Å². The van der Waals surface area contributed by atoms with Gasteiger partial charge in [-0.15, -0.1) is 0 Å². The summed E-state index contributed by atoms with van der Waals surface area (Å²) in [6.45, 7) is 0. The van der Waals surface area contributed by atoms with Crippen LogP contribution in [0.25, 0.3) is 86.2 Å². The van der Waals surface area contributed by atoms with Crippen LogP contribution in [0.2, 0.25) is 0 Å². The second-order valence-corrected chi connectivity index (χ2v) is 31.9. The Labute approximate surface area is 628 Å². The van der Waals surface area contributed by atoms with Crippen molar-refractivity contribution < 1.29 is 38.4 Å². The zero-order chi connectivity index (χ0) is 74.2. The van der Waals surface area contributed by atoms with Gasteiger partial charge in [-0.25, -0.2) is 0 Å². The number of rotatable bonds is 8. The van der Waals surface area contributed by atoms with Gasteiger partial charge in [0, 0.05) is 102 Å². The molecule has 8 amide bonds. The monoisotopic (exact) mass is 1440 g/mol. The molecule has 548 valence electrons. The van der Waals surface area contributed by atoms with Gasteiger partial charge in [0.05, 0.1) is 0 Å². The lowest BCUT2D eigenvalue weighted by molar-refractivity contribution is -0.139. The molecule has 1 aliphatic heterocycles. The molecule has 4 N–H and O–H groups in total. The fourth-order valence-corrected chi connectivity index (χ4v) is 19.8. The van der Waals surface area contributed by atoms with Gasteiger partial charge in [0.15, 0.2) is 0 Å². The predicted octanol–water partition coefficient (Wildman–Crippen LogP) is 13.5. The molecule has 0 radical (unpaired) electrons. The maximum absolute atomic E-state index is 15.6. The Morgan fingerprint density at radius 2 is 0.509 bits per heavy atom. The summed E-state index contributed by atoms with van der Waals surface area (Å²) >= 11 is 0. The van der Waals surface area contributed by atoms with E-state index in [2.05, 4.69) is 155 Å². The molecule has 12 aromatic rings. The number of nitrogens with one attached hydrogen (secondary N) is 4. The third-order valence-corrected chi connectivity index (χ3v) is 25.8. The second-order valence-electron chi connectivity index (χ2n) is 31.9. The Hall–Kier alpha value is -11.0. The minimum absolute atomic E-state index is 0.187. The fourth-order valence-electron chi connectivity index (χ4n) is 19.8. The van der Waals surface area contributed by atoms with Crippen LogP contribution in [0, 0.1) is 23.7 Å². The van der Waals surface area contributed by atoms with Gasteiger partial charge in [0.25, 0.3) is 0 Å². The van der Waals surface area contributed by atoms with Crippen LogP contribution in [-0.4, -0.2) is 143 Å². The molecule has 5 fully saturated rings. The van der Waals surface area contributed by atoms with Crippen molar-refractivity contribution in [3.8, 4) is 0 Å². The minimum atomic E-state index is -1.00. The Balaban J connectivity index is 0.684. The first-order valence-electron chi connectivity index (χ1n) is 39.0. The highest BCUT2D eigenvalue weighted by atomic mass is 16.2. The van der Waals surface area contributed by atoms with E-state index in [0.29, 0.717) is 77.0 Å². The van der Waals surface area contributed by atoms with Crippen molar-refractivity contribution in [1.29, 1.82) is 0 Å². The zero-order valence-electron chi connectivity index (χ0n) is 61.8. The maximum Gasteiger partial charge on any atom is 0.245 e. The molecule has 0 aromatic heterocycles. The Bertz CT molecular complexity index is 5090. The first-order chi connectivity index (χ1) is 52.5. The molecule has 1 saturated heterocycles. The molecule has 12 atom stereocenters. The van der Waals surface area contributed by atoms with Crippen LogP contribution >= 0.6 is 0 Å². The summed E-state index contributed by atoms with van der Waals surface area (Å²) in [4.78, 5) is 129. The van der Waals surface area contributed by atoms with Crippen molar-refractivity contribution in [2.24, 2.45) is 23.7 Å². The molecule has 12 aromatic carbocycles. The number of amides is 8. The number of hydrogen-bond acceptors (Lipinski definition) is 8. The molecule has 0 unspecified atom stereocenters. The highest BCUT2D eigenvalue weighted by molar-refractivity contribution is 6.34. The molecule has 108 heavy (non-hydrogen) atoms. The molecule has 16 nitrogen and oxygen atoms in total. The highest BCUT2D eigenvalue weighted by Gasteiger charge is 2.44. The lowest BCUT2D eigenvalue weighted by Gasteiger charge is -2.32. The van der Waals surface area contributed by atoms with Crippen LogP contribution < -0.4 is 21.3 Å². The summed E-state index contributed by atoms with van der Waals surface area (Å²) in [6.07, 6.45) is 6.15. The standard InChI is InChI=1S/C92H92N8O8/c1-97-63-39-35-61(49-63)87(103)95-79(51-57-37-43-75-71-29-13-23-55-21-11-27-69(81(55)71)73-31-15-25-67(57)83(73)75)91(107)100(4)66-42-34-60(48-66)86(102)94-78(46-54-19-9-6-10-20-54)90(106)98(2)64-40-36-62(50-64)88(104)96-80(92(108)99(3)65-41-33-59(47-65)85(101)93-77(89(97)105)45-53-17-7-5-8-18-53)52-58-38-44-76-72-30-14-24-56-22-12-28-70(82(56)72)74-32-16-26-68(58)84(74)76/h5-32,37-38,43-44,59-66,77-80H,33-36,39-42,45-52H2,1-4H3,(H,93,101)(H,94,102)(H,95,103)(H,96,104)/t59-,60-,61-,62-,63+,64+,65+,66+,77-,78-,79-,80-/m1/s1. The molecule has 4 aliphatic carbocycles. The van der Waals surface area contributed by atoms with E-state index in [1.165, 1.54) is 10.8 Å². The number of fused-ring (bicyclic) bond motifs is 12. The SMILES string of the molecule is CN1C(=O)[C@@H](Cc2ccccc2)NC(=O)[C@@H]2CC[C@@H](C2)N(C)C(=O)[C@@H](Cc2ccc3c4cccc5cccc(c6cccc2c63)c54)NC(=O)[C@@H]2CC[C@@H](C2)N(C)C(=O)[C@@H](Cc2ccccc2)NC(=O)[C@@H]2CC[C@@H](C2)N(C)C(=O)[C@@H](Cc2ccc3c4cccc5cccc(c6cccc2c63)c54)NC(=O)[C@@H]2CC[C@H]1C2. The molecule has 4 saturated carbocycles. The van der Waals surface area contributed by atoms with Gasteiger partial charge < -0.3 is 40.9 Å². The van der Waals surface area contributed by atoms with Gasteiger partial charge in [-0.2, -0.15) is 0 Å². The summed E-state index contributed by atoms with van der Waals surface area (Å²) in [5, 5.41) is 30.9. The molecule has 0 spiro atoms. The largest absolute Gasteiger partial charge is 0.344 e. The van der Waals surface area contributed by atoms with Crippen LogP contribution in [0.5, 0.6) is 0 Å². The van der Waals surface area contributed by atoms with Gasteiger partial charge in [0.1, 0.15) is 24.2 Å². The molecule has 5 aliphatic rings. The maximum atomic E-state index is 15.6. The second kappa shape index (κ2) is 28.9. The number of nitrogens with zero attached hydrogens (tertiary/aromatic N) is 4.